The van der Waals surface area contributed by atoms with Gasteiger partial charge in [-0.15, -0.1) is 0 Å². The van der Waals surface area contributed by atoms with Gasteiger partial charge in [-0.25, -0.2) is 15.0 Å². The van der Waals surface area contributed by atoms with E-state index in [0.29, 0.717) is 17.5 Å². The van der Waals surface area contributed by atoms with Crippen LogP contribution in [0.4, 0.5) is 0 Å². The molecule has 7 aromatic carbocycles. The lowest BCUT2D eigenvalue weighted by Crippen LogP contribution is -2.48. The highest BCUT2D eigenvalue weighted by Gasteiger charge is 2.28. The van der Waals surface area contributed by atoms with Gasteiger partial charge in [0.15, 0.2) is 17.5 Å². The van der Waals surface area contributed by atoms with E-state index in [9.17, 15) is 0 Å². The molecule has 0 fully saturated rings. The number of benzene rings is 7. The molecule has 64 heavy (non-hydrogen) atoms. The quantitative estimate of drug-likeness (QED) is 0.157. The first kappa shape index (κ1) is 43.4. The maximum atomic E-state index is 6.94. The zero-order valence-corrected chi connectivity index (χ0v) is 40.3. The maximum absolute atomic E-state index is 6.94. The molecule has 294 valence electrons. The van der Waals surface area contributed by atoms with E-state index in [4.69, 9.17) is 19.4 Å². The molecule has 0 saturated carbocycles. The topological polar surface area (TPSA) is 51.8 Å². The third kappa shape index (κ3) is 6.67. The summed E-state index contributed by atoms with van der Waals surface area (Å²) in [5.74, 6) is 2.01. The summed E-state index contributed by atoms with van der Waals surface area (Å²) in [5.41, 5.74) is 31.7. The second kappa shape index (κ2) is 16.3. The fourth-order valence-electron chi connectivity index (χ4n) is 10.5. The van der Waals surface area contributed by atoms with Crippen LogP contribution in [0.5, 0.6) is 0 Å². The second-order valence-electron chi connectivity index (χ2n) is 18.4. The van der Waals surface area contributed by atoms with Crippen molar-refractivity contribution in [2.45, 2.75) is 13.8 Å². The van der Waals surface area contributed by atoms with E-state index in [-0.39, 0.29) is 0 Å². The Labute approximate surface area is 389 Å². The Balaban J connectivity index is 1.24. The molecule has 0 aliphatic rings. The van der Waals surface area contributed by atoms with Crippen molar-refractivity contribution < 1.29 is 4.42 Å². The van der Waals surface area contributed by atoms with Crippen LogP contribution in [0.15, 0.2) is 89.3 Å². The summed E-state index contributed by atoms with van der Waals surface area (Å²) in [6.45, 7) is 4.61. The van der Waals surface area contributed by atoms with Crippen molar-refractivity contribution in [2.75, 3.05) is 0 Å². The van der Waals surface area contributed by atoms with Gasteiger partial charge in [-0.2, -0.15) is 0 Å². The highest BCUT2D eigenvalue weighted by atomic mass is 16.3. The lowest BCUT2D eigenvalue weighted by atomic mass is 9.58. The molecule has 0 amide bonds. The molecule has 4 nitrogen and oxygen atoms in total. The van der Waals surface area contributed by atoms with Gasteiger partial charge in [0.1, 0.15) is 113 Å². The highest BCUT2D eigenvalue weighted by molar-refractivity contribution is 6.67. The summed E-state index contributed by atoms with van der Waals surface area (Å²) < 4.78 is 6.94. The van der Waals surface area contributed by atoms with Crippen molar-refractivity contribution in [3.05, 3.63) is 96.1 Å². The van der Waals surface area contributed by atoms with Gasteiger partial charge in [0.25, 0.3) is 0 Å². The SMILES string of the molecule is Bc1c(B)c(-c2c(B)c(B)c(-c3c(B)c(B)c(B)c4oc5c(B)c(B)c(B)c(C)c5c34)c(C)c2B)c(B)c(B)c1-c1nc(-c2ccccc2)nc(-c2ccc(-c3ccccc3)cc2)n1. The van der Waals surface area contributed by atoms with Gasteiger partial charge < -0.3 is 4.42 Å². The zero-order chi connectivity index (χ0) is 45.6. The Kier molecular flexibility index (Phi) is 11.1. The number of fused-ring (bicyclic) bond motifs is 3. The third-order valence-corrected chi connectivity index (χ3v) is 15.3. The first-order valence-corrected chi connectivity index (χ1v) is 22.6. The molecule has 0 aliphatic heterocycles. The summed E-state index contributed by atoms with van der Waals surface area (Å²) >= 11 is 0. The maximum Gasteiger partial charge on any atom is 0.164 e. The lowest BCUT2D eigenvalue weighted by molar-refractivity contribution is 0.674. The van der Waals surface area contributed by atoms with E-state index < -0.39 is 0 Å². The van der Waals surface area contributed by atoms with Crippen molar-refractivity contribution in [1.29, 1.82) is 0 Å². The smallest absolute Gasteiger partial charge is 0.164 e. The minimum absolute atomic E-state index is 0.659. The third-order valence-electron chi connectivity index (χ3n) is 15.3. The van der Waals surface area contributed by atoms with Crippen LogP contribution in [0.25, 0.3) is 89.5 Å². The van der Waals surface area contributed by atoms with Crippen LogP contribution in [-0.2, 0) is 0 Å². The van der Waals surface area contributed by atoms with Crippen LogP contribution in [0.2, 0.25) is 0 Å². The molecule has 17 heteroatoms. The molecule has 0 saturated heterocycles. The van der Waals surface area contributed by atoms with Crippen molar-refractivity contribution in [3.63, 3.8) is 0 Å². The predicted molar refractivity (Wildman–Crippen MR) is 316 cm³/mol. The largest absolute Gasteiger partial charge is 0.457 e. The van der Waals surface area contributed by atoms with Crippen LogP contribution in [0.3, 0.4) is 0 Å². The number of furan rings is 1. The van der Waals surface area contributed by atoms with Crippen LogP contribution >= 0.6 is 0 Å². The Bertz CT molecular complexity index is 3370. The Hall–Kier alpha value is -5.81. The lowest BCUT2D eigenvalue weighted by Gasteiger charge is -2.28. The average Bonchev–Trinajstić information content (AvgIpc) is 3.71. The standard InChI is InChI=1S/C47H46B13N3O/c1-17-23(25-26-24-18(2)31(49)39(57)41(59)43(24)64-44(26)42(60)40(58)33(25)51)32(50)34(52)27(30(17)48)28-35(53)37(55)29(38(56)36(28)54)47-62-45(21-11-7-4-8-12-21)61-46(63-47)22-15-13-20(14-16-22)19-9-5-3-6-10-19/h3-16H,48-60H2,1-2H3. The number of aryl methyl sites for hydroxylation is 1. The Morgan fingerprint density at radius 1 is 0.297 bits per heavy atom. The van der Waals surface area contributed by atoms with E-state index in [1.165, 1.54) is 121 Å². The molecule has 9 rings (SSSR count). The molecule has 0 spiro atoms. The molecule has 2 aromatic heterocycles. The normalized spacial score (nSPS) is 11.5. The van der Waals surface area contributed by atoms with Crippen LogP contribution in [0, 0.1) is 13.8 Å². The van der Waals surface area contributed by atoms with Crippen molar-refractivity contribution in [3.8, 4) is 67.5 Å². The van der Waals surface area contributed by atoms with Gasteiger partial charge in [-0.1, -0.05) is 156 Å². The Morgan fingerprint density at radius 3 is 1.22 bits per heavy atom. The van der Waals surface area contributed by atoms with Crippen LogP contribution in [0.1, 0.15) is 11.1 Å². The monoisotopic (exact) mass is 811 g/mol. The van der Waals surface area contributed by atoms with Gasteiger partial charge >= 0.3 is 0 Å². The molecule has 0 N–H and O–H groups in total. The molecule has 0 aliphatic carbocycles. The number of aromatic nitrogens is 3. The summed E-state index contributed by atoms with van der Waals surface area (Å²) in [7, 11) is 29.5. The van der Waals surface area contributed by atoms with E-state index in [1.807, 2.05) is 24.3 Å². The first-order chi connectivity index (χ1) is 30.5. The van der Waals surface area contributed by atoms with Crippen LogP contribution < -0.4 is 71.0 Å². The fraction of sp³-hybridized carbons (Fsp3) is 0.0426. The number of nitrogens with zero attached hydrogens (tertiary/aromatic N) is 3. The van der Waals surface area contributed by atoms with E-state index in [1.54, 1.807) is 0 Å². The molecule has 0 unspecified atom stereocenters. The van der Waals surface area contributed by atoms with Gasteiger partial charge in [-0.3, -0.25) is 0 Å². The van der Waals surface area contributed by atoms with E-state index in [0.717, 1.165) is 33.4 Å². The predicted octanol–water partition coefficient (Wildman–Crippen LogP) is -10.3. The second-order valence-corrected chi connectivity index (χ2v) is 18.4. The minimum Gasteiger partial charge on any atom is -0.457 e. The molecular formula is C47H46B13N3O. The molecule has 0 bridgehead atoms. The number of rotatable bonds is 6. The van der Waals surface area contributed by atoms with Crippen molar-refractivity contribution in [1.82, 2.24) is 15.0 Å². The summed E-state index contributed by atoms with van der Waals surface area (Å²) in [6.07, 6.45) is 0. The van der Waals surface area contributed by atoms with E-state index in [2.05, 4.69) is 177 Å². The van der Waals surface area contributed by atoms with Gasteiger partial charge in [0.05, 0.1) is 0 Å². The fourth-order valence-corrected chi connectivity index (χ4v) is 10.5. The summed E-state index contributed by atoms with van der Waals surface area (Å²) in [4.78, 5) is 15.6. The molecule has 0 atom stereocenters. The molecule has 2 heterocycles. The summed E-state index contributed by atoms with van der Waals surface area (Å²) in [5, 5.41) is 2.50. The molecule has 9 aromatic rings. The molecule has 0 radical (unpaired) electrons. The first-order valence-electron chi connectivity index (χ1n) is 22.6. The van der Waals surface area contributed by atoms with Gasteiger partial charge in [-0.05, 0) is 58.4 Å². The van der Waals surface area contributed by atoms with E-state index >= 15 is 0 Å². The highest BCUT2D eigenvalue weighted by Crippen LogP contribution is 2.36. The zero-order valence-electron chi connectivity index (χ0n) is 40.3. The number of hydrogen-bond donors (Lipinski definition) is 0. The minimum atomic E-state index is 0.659. The molecular weight excluding hydrogens is 763 g/mol. The van der Waals surface area contributed by atoms with Gasteiger partial charge in [0, 0.05) is 27.5 Å². The van der Waals surface area contributed by atoms with Gasteiger partial charge in [0.2, 0.25) is 0 Å². The Morgan fingerprint density at radius 2 is 0.672 bits per heavy atom. The number of hydrogen-bond acceptors (Lipinski definition) is 4. The summed E-state index contributed by atoms with van der Waals surface area (Å²) in [6, 6.07) is 29.3. The van der Waals surface area contributed by atoms with Crippen molar-refractivity contribution in [2.24, 2.45) is 0 Å². The van der Waals surface area contributed by atoms with Crippen LogP contribution in [-0.4, -0.2) is 117 Å². The van der Waals surface area contributed by atoms with Crippen molar-refractivity contribution >= 4 is 195 Å². The average molecular weight is 809 g/mol.